The topological polar surface area (TPSA) is 96.1 Å². The lowest BCUT2D eigenvalue weighted by Gasteiger charge is -2.37. The van der Waals surface area contributed by atoms with Crippen LogP contribution >= 0.6 is 23.8 Å². The van der Waals surface area contributed by atoms with Gasteiger partial charge >= 0.3 is 0 Å². The van der Waals surface area contributed by atoms with Gasteiger partial charge in [0.05, 0.1) is 11.9 Å². The number of hydrogen-bond donors (Lipinski definition) is 2. The molecule has 34 heavy (non-hydrogen) atoms. The van der Waals surface area contributed by atoms with E-state index in [1.807, 2.05) is 36.4 Å². The maximum absolute atomic E-state index is 6.03. The lowest BCUT2D eigenvalue weighted by Crippen LogP contribution is -2.50. The molecule has 0 radical (unpaired) electrons. The van der Waals surface area contributed by atoms with Crippen LogP contribution < -0.4 is 16.0 Å². The van der Waals surface area contributed by atoms with Gasteiger partial charge in [-0.3, -0.25) is 0 Å². The maximum Gasteiger partial charge on any atom is 0.224 e. The Morgan fingerprint density at radius 2 is 1.79 bits per heavy atom. The summed E-state index contributed by atoms with van der Waals surface area (Å²) in [6.45, 7) is 4.98. The van der Waals surface area contributed by atoms with Crippen LogP contribution in [0.1, 0.15) is 5.56 Å². The molecule has 1 fully saturated rings. The van der Waals surface area contributed by atoms with Gasteiger partial charge in [-0.15, -0.1) is 0 Å². The number of nitrogens with zero attached hydrogens (tertiary/aromatic N) is 6. The second kappa shape index (κ2) is 9.36. The molecule has 2 aromatic carbocycles. The third-order valence-electron chi connectivity index (χ3n) is 5.68. The Balaban J connectivity index is 1.36. The number of nitrogens with two attached hydrogens (primary N) is 1. The number of thiocarbonyl (C=S) groups is 1. The molecule has 0 unspecified atom stereocenters. The summed E-state index contributed by atoms with van der Waals surface area (Å²) in [5.74, 6) is 0.859. The van der Waals surface area contributed by atoms with E-state index in [0.717, 1.165) is 30.0 Å². The molecule has 3 heterocycles. The molecule has 0 aliphatic carbocycles. The van der Waals surface area contributed by atoms with Gasteiger partial charge in [0.2, 0.25) is 5.95 Å². The first-order valence-electron chi connectivity index (χ1n) is 10.9. The normalized spacial score (nSPS) is 13.8. The molecule has 4 aromatic rings. The van der Waals surface area contributed by atoms with Crippen molar-refractivity contribution >= 4 is 57.5 Å². The molecular weight excluding hydrogens is 468 g/mol. The van der Waals surface area contributed by atoms with Crippen molar-refractivity contribution in [2.45, 2.75) is 6.92 Å². The van der Waals surface area contributed by atoms with Crippen LogP contribution in [0.2, 0.25) is 5.02 Å². The third-order valence-corrected chi connectivity index (χ3v) is 6.29. The Bertz CT molecular complexity index is 1350. The van der Waals surface area contributed by atoms with Gasteiger partial charge in [0.15, 0.2) is 22.1 Å². The van der Waals surface area contributed by atoms with Crippen LogP contribution in [-0.4, -0.2) is 56.1 Å². The lowest BCUT2D eigenvalue weighted by atomic mass is 10.1. The molecule has 1 aliphatic rings. The van der Waals surface area contributed by atoms with Crippen molar-refractivity contribution in [3.05, 3.63) is 65.3 Å². The van der Waals surface area contributed by atoms with Gasteiger partial charge in [0.1, 0.15) is 0 Å². The Kier molecular flexibility index (Phi) is 6.12. The fraction of sp³-hybridized carbons (Fsp3) is 0.208. The summed E-state index contributed by atoms with van der Waals surface area (Å²) in [6.07, 6.45) is 1.69. The minimum atomic E-state index is 0.176. The second-order valence-corrected chi connectivity index (χ2v) is 8.94. The van der Waals surface area contributed by atoms with Crippen molar-refractivity contribution in [2.75, 3.05) is 42.1 Å². The van der Waals surface area contributed by atoms with Crippen LogP contribution in [0.15, 0.2) is 54.7 Å². The zero-order valence-corrected chi connectivity index (χ0v) is 20.1. The fourth-order valence-corrected chi connectivity index (χ4v) is 4.36. The third kappa shape index (κ3) is 4.71. The summed E-state index contributed by atoms with van der Waals surface area (Å²) in [4.78, 5) is 22.5. The fourth-order valence-electron chi connectivity index (χ4n) is 3.94. The molecule has 0 saturated carbocycles. The van der Waals surface area contributed by atoms with E-state index in [0.29, 0.717) is 40.2 Å². The Labute approximate surface area is 207 Å². The van der Waals surface area contributed by atoms with E-state index >= 15 is 0 Å². The van der Waals surface area contributed by atoms with Crippen molar-refractivity contribution in [1.82, 2.24) is 24.8 Å². The molecule has 8 nitrogen and oxygen atoms in total. The smallest absolute Gasteiger partial charge is 0.224 e. The average molecular weight is 491 g/mol. The van der Waals surface area contributed by atoms with E-state index in [9.17, 15) is 0 Å². The van der Waals surface area contributed by atoms with Gasteiger partial charge in [-0.1, -0.05) is 35.9 Å². The number of aromatic nitrogens is 4. The number of nitrogen functional groups attached to an aromatic ring is 1. The van der Waals surface area contributed by atoms with Gasteiger partial charge in [0.25, 0.3) is 0 Å². The minimum absolute atomic E-state index is 0.176. The highest BCUT2D eigenvalue weighted by molar-refractivity contribution is 7.80. The predicted molar refractivity (Wildman–Crippen MR) is 141 cm³/mol. The van der Waals surface area contributed by atoms with Crippen LogP contribution in [0.4, 0.5) is 17.5 Å². The Morgan fingerprint density at radius 3 is 2.53 bits per heavy atom. The summed E-state index contributed by atoms with van der Waals surface area (Å²) in [7, 11) is 0. The molecule has 0 bridgehead atoms. The van der Waals surface area contributed by atoms with Crippen LogP contribution in [0.5, 0.6) is 0 Å². The molecule has 1 saturated heterocycles. The maximum atomic E-state index is 6.03. The lowest BCUT2D eigenvalue weighted by molar-refractivity contribution is 0.390. The van der Waals surface area contributed by atoms with Crippen molar-refractivity contribution < 1.29 is 0 Å². The van der Waals surface area contributed by atoms with Crippen molar-refractivity contribution in [1.29, 1.82) is 0 Å². The van der Waals surface area contributed by atoms with E-state index < -0.39 is 0 Å². The van der Waals surface area contributed by atoms with Gasteiger partial charge in [-0.25, -0.2) is 9.97 Å². The SMILES string of the molecule is Cc1cccc(NC(=S)N2CCN(c3nc(N)nc4ncc(-c5ccc(Cl)cc5)nc34)CC2)c1. The molecule has 172 valence electrons. The van der Waals surface area contributed by atoms with Crippen LogP contribution in [0.3, 0.4) is 0 Å². The minimum Gasteiger partial charge on any atom is -0.368 e. The zero-order chi connectivity index (χ0) is 23.7. The standard InChI is InChI=1S/C24H23ClN8S/c1-15-3-2-4-18(13-15)28-24(34)33-11-9-32(10-12-33)22-20-21(30-23(26)31-22)27-14-19(29-20)16-5-7-17(25)8-6-16/h2-8,13-14H,9-12H2,1H3,(H,28,34)(H2,26,27,30,31). The first kappa shape index (κ1) is 22.2. The summed E-state index contributed by atoms with van der Waals surface area (Å²) in [6, 6.07) is 15.7. The molecule has 3 N–H and O–H groups in total. The number of nitrogens with one attached hydrogen (secondary N) is 1. The molecule has 0 amide bonds. The molecule has 0 atom stereocenters. The summed E-state index contributed by atoms with van der Waals surface area (Å²) in [5, 5.41) is 4.72. The number of hydrogen-bond acceptors (Lipinski definition) is 7. The predicted octanol–water partition coefficient (Wildman–Crippen LogP) is 4.15. The Morgan fingerprint density at radius 1 is 1.03 bits per heavy atom. The highest BCUT2D eigenvalue weighted by Crippen LogP contribution is 2.27. The Hall–Kier alpha value is -3.56. The quantitative estimate of drug-likeness (QED) is 0.410. The largest absolute Gasteiger partial charge is 0.368 e. The van der Waals surface area contributed by atoms with Crippen LogP contribution in [0, 0.1) is 6.92 Å². The molecule has 0 spiro atoms. The first-order chi connectivity index (χ1) is 16.5. The molecular formula is C24H23ClN8S. The average Bonchev–Trinajstić information content (AvgIpc) is 2.84. The van der Waals surface area contributed by atoms with Gasteiger partial charge in [-0.2, -0.15) is 9.97 Å². The second-order valence-electron chi connectivity index (χ2n) is 8.11. The van der Waals surface area contributed by atoms with Gasteiger partial charge < -0.3 is 20.9 Å². The number of rotatable bonds is 3. The summed E-state index contributed by atoms with van der Waals surface area (Å²) >= 11 is 11.7. The van der Waals surface area contributed by atoms with E-state index in [1.165, 1.54) is 5.56 Å². The number of halogens is 1. The molecule has 1 aliphatic heterocycles. The number of piperazine rings is 1. The van der Waals surface area contributed by atoms with Crippen molar-refractivity contribution in [2.24, 2.45) is 0 Å². The van der Waals surface area contributed by atoms with Gasteiger partial charge in [-0.05, 0) is 49.0 Å². The van der Waals surface area contributed by atoms with Crippen molar-refractivity contribution in [3.63, 3.8) is 0 Å². The number of benzene rings is 2. The van der Waals surface area contributed by atoms with Gasteiger partial charge in [0, 0.05) is 42.5 Å². The monoisotopic (exact) mass is 490 g/mol. The van der Waals surface area contributed by atoms with Crippen molar-refractivity contribution in [3.8, 4) is 11.3 Å². The molecule has 2 aromatic heterocycles. The number of fused-ring (bicyclic) bond motifs is 1. The zero-order valence-electron chi connectivity index (χ0n) is 18.6. The van der Waals surface area contributed by atoms with Crippen LogP contribution in [-0.2, 0) is 0 Å². The molecule has 10 heteroatoms. The molecule has 5 rings (SSSR count). The summed E-state index contributed by atoms with van der Waals surface area (Å²) < 4.78 is 0. The van der Waals surface area contributed by atoms with E-state index in [4.69, 9.17) is 34.5 Å². The number of aryl methyl sites for hydroxylation is 1. The highest BCUT2D eigenvalue weighted by Gasteiger charge is 2.23. The van der Waals surface area contributed by atoms with Crippen LogP contribution in [0.25, 0.3) is 22.4 Å². The summed E-state index contributed by atoms with van der Waals surface area (Å²) in [5.41, 5.74) is 10.9. The van der Waals surface area contributed by atoms with E-state index in [1.54, 1.807) is 6.20 Å². The number of anilines is 3. The van der Waals surface area contributed by atoms with E-state index in [-0.39, 0.29) is 5.95 Å². The van der Waals surface area contributed by atoms with E-state index in [2.05, 4.69) is 49.1 Å². The highest BCUT2D eigenvalue weighted by atomic mass is 35.5. The first-order valence-corrected chi connectivity index (χ1v) is 11.7.